The molecule has 0 N–H and O–H groups in total. The highest BCUT2D eigenvalue weighted by Crippen LogP contribution is 2.38. The molecule has 1 rings (SSSR count). The largest absolute Gasteiger partial charge is 0.489 e. The third-order valence-electron chi connectivity index (χ3n) is 1.76. The number of hydrogen-bond acceptors (Lipinski definition) is 5. The maximum atomic E-state index is 13.2. The minimum atomic E-state index is -4.73. The van der Waals surface area contributed by atoms with Crippen LogP contribution >= 0.6 is 10.7 Å². The molecule has 0 heterocycles. The lowest BCUT2D eigenvalue weighted by atomic mass is 10.2. The first-order valence-corrected chi connectivity index (χ1v) is 6.16. The van der Waals surface area contributed by atoms with Crippen LogP contribution in [0.2, 0.25) is 0 Å². The van der Waals surface area contributed by atoms with Gasteiger partial charge >= 0.3 is 5.69 Å². The summed E-state index contributed by atoms with van der Waals surface area (Å²) in [5.41, 5.74) is -1.04. The fourth-order valence-corrected chi connectivity index (χ4v) is 2.26. The van der Waals surface area contributed by atoms with Crippen LogP contribution in [0.15, 0.2) is 11.0 Å². The number of ether oxygens (including phenoxy) is 1. The lowest BCUT2D eigenvalue weighted by molar-refractivity contribution is -0.386. The summed E-state index contributed by atoms with van der Waals surface area (Å²) in [5.74, 6) is -4.50. The second-order valence-corrected chi connectivity index (χ2v) is 5.25. The van der Waals surface area contributed by atoms with Crippen molar-refractivity contribution in [1.82, 2.24) is 0 Å². The van der Waals surface area contributed by atoms with Gasteiger partial charge in [-0.3, -0.25) is 10.1 Å². The Morgan fingerprint density at radius 2 is 2.00 bits per heavy atom. The summed E-state index contributed by atoms with van der Waals surface area (Å²) in [6.07, 6.45) is 0. The fraction of sp³-hybridized carbons (Fsp3) is 0.143. The quantitative estimate of drug-likeness (QED) is 0.481. The zero-order valence-electron chi connectivity index (χ0n) is 8.11. The van der Waals surface area contributed by atoms with Gasteiger partial charge in [0, 0.05) is 10.7 Å². The number of benzene rings is 1. The predicted molar refractivity (Wildman–Crippen MR) is 52.6 cm³/mol. The summed E-state index contributed by atoms with van der Waals surface area (Å²) < 4.78 is 52.7. The van der Waals surface area contributed by atoms with Gasteiger partial charge in [-0.05, 0) is 0 Å². The van der Waals surface area contributed by atoms with E-state index in [1.54, 1.807) is 0 Å². The number of nitro benzene ring substituents is 1. The molecule has 0 saturated carbocycles. The summed E-state index contributed by atoms with van der Waals surface area (Å²) in [7, 11) is 0.999. The van der Waals surface area contributed by atoms with E-state index in [4.69, 9.17) is 10.7 Å². The van der Waals surface area contributed by atoms with Crippen LogP contribution in [0.5, 0.6) is 5.75 Å². The number of nitro groups is 1. The third kappa shape index (κ3) is 2.44. The smallest absolute Gasteiger partial charge is 0.315 e. The first-order chi connectivity index (χ1) is 7.70. The topological polar surface area (TPSA) is 86.5 Å². The van der Waals surface area contributed by atoms with Gasteiger partial charge in [-0.1, -0.05) is 0 Å². The van der Waals surface area contributed by atoms with Gasteiger partial charge in [0.1, 0.15) is 0 Å². The molecule has 0 unspecified atom stereocenters. The molecule has 0 spiro atoms. The summed E-state index contributed by atoms with van der Waals surface area (Å²) in [6.45, 7) is 0. The van der Waals surface area contributed by atoms with E-state index in [1.165, 1.54) is 0 Å². The van der Waals surface area contributed by atoms with Crippen LogP contribution in [-0.4, -0.2) is 20.5 Å². The maximum Gasteiger partial charge on any atom is 0.315 e. The van der Waals surface area contributed by atoms with Crippen molar-refractivity contribution < 1.29 is 26.9 Å². The van der Waals surface area contributed by atoms with Gasteiger partial charge in [0.2, 0.25) is 5.75 Å². The summed E-state index contributed by atoms with van der Waals surface area (Å²) in [5, 5.41) is 10.5. The lowest BCUT2D eigenvalue weighted by Gasteiger charge is -2.07. The summed E-state index contributed by atoms with van der Waals surface area (Å²) in [4.78, 5) is 8.01. The highest BCUT2D eigenvalue weighted by atomic mass is 35.7. The van der Waals surface area contributed by atoms with Crippen LogP contribution in [0.4, 0.5) is 14.5 Å². The van der Waals surface area contributed by atoms with E-state index in [0.717, 1.165) is 7.11 Å². The summed E-state index contributed by atoms with van der Waals surface area (Å²) >= 11 is 0. The Morgan fingerprint density at radius 1 is 1.47 bits per heavy atom. The van der Waals surface area contributed by atoms with Gasteiger partial charge in [-0.15, -0.1) is 0 Å². The van der Waals surface area contributed by atoms with Crippen LogP contribution < -0.4 is 4.74 Å². The van der Waals surface area contributed by atoms with Crippen LogP contribution in [0.1, 0.15) is 0 Å². The lowest BCUT2D eigenvalue weighted by Crippen LogP contribution is -2.06. The van der Waals surface area contributed by atoms with Crippen molar-refractivity contribution in [3.8, 4) is 5.75 Å². The number of methoxy groups -OCH3 is 1. The fourth-order valence-electron chi connectivity index (χ4n) is 1.12. The Bertz CT molecular complexity index is 588. The molecule has 1 aromatic rings. The van der Waals surface area contributed by atoms with E-state index < -0.39 is 41.9 Å². The molecule has 0 atom stereocenters. The molecule has 1 aromatic carbocycles. The van der Waals surface area contributed by atoms with E-state index >= 15 is 0 Å². The number of halogens is 3. The van der Waals surface area contributed by atoms with Crippen molar-refractivity contribution in [2.75, 3.05) is 7.11 Å². The van der Waals surface area contributed by atoms with Gasteiger partial charge in [0.15, 0.2) is 16.5 Å². The molecule has 17 heavy (non-hydrogen) atoms. The first kappa shape index (κ1) is 13.6. The van der Waals surface area contributed by atoms with Gasteiger partial charge in [0.05, 0.1) is 18.1 Å². The third-order valence-corrected chi connectivity index (χ3v) is 3.07. The van der Waals surface area contributed by atoms with E-state index in [9.17, 15) is 27.3 Å². The van der Waals surface area contributed by atoms with E-state index in [-0.39, 0.29) is 6.07 Å². The van der Waals surface area contributed by atoms with E-state index in [2.05, 4.69) is 4.74 Å². The summed E-state index contributed by atoms with van der Waals surface area (Å²) in [6, 6.07) is 0.208. The monoisotopic (exact) mass is 287 g/mol. The minimum absolute atomic E-state index is 0.208. The van der Waals surface area contributed by atoms with Gasteiger partial charge in [-0.2, -0.15) is 0 Å². The highest BCUT2D eigenvalue weighted by Gasteiger charge is 2.33. The Balaban J connectivity index is 3.85. The normalized spacial score (nSPS) is 11.3. The van der Waals surface area contributed by atoms with Crippen molar-refractivity contribution >= 4 is 25.4 Å². The van der Waals surface area contributed by atoms with Crippen molar-refractivity contribution in [2.45, 2.75) is 4.90 Å². The van der Waals surface area contributed by atoms with Crippen molar-refractivity contribution in [3.05, 3.63) is 27.8 Å². The van der Waals surface area contributed by atoms with Crippen LogP contribution in [0, 0.1) is 21.7 Å². The molecule has 0 aliphatic carbocycles. The zero-order chi connectivity index (χ0) is 13.4. The van der Waals surface area contributed by atoms with Gasteiger partial charge in [-0.25, -0.2) is 17.2 Å². The second kappa shape index (κ2) is 4.41. The van der Waals surface area contributed by atoms with Crippen molar-refractivity contribution in [3.63, 3.8) is 0 Å². The molecule has 0 aromatic heterocycles. The molecule has 0 aliphatic rings. The Hall–Kier alpha value is -1.48. The molecule has 94 valence electrons. The molecule has 0 bridgehead atoms. The molecular formula is C7H4ClF2NO5S. The molecule has 10 heteroatoms. The van der Waals surface area contributed by atoms with E-state index in [0.29, 0.717) is 0 Å². The molecule has 0 aliphatic heterocycles. The van der Waals surface area contributed by atoms with Crippen LogP contribution in [-0.2, 0) is 9.05 Å². The van der Waals surface area contributed by atoms with Crippen LogP contribution in [0.3, 0.4) is 0 Å². The minimum Gasteiger partial charge on any atom is -0.489 e. The Kier molecular flexibility index (Phi) is 3.53. The van der Waals surface area contributed by atoms with Crippen LogP contribution in [0.25, 0.3) is 0 Å². The molecular weight excluding hydrogens is 284 g/mol. The standard InChI is InChI=1S/C7H4ClF2NO5S/c1-16-6-4(11(12)13)2-3(9)5(10)7(6)17(8,14)15/h2H,1H3. The number of rotatable bonds is 3. The average Bonchev–Trinajstić information content (AvgIpc) is 2.18. The average molecular weight is 288 g/mol. The molecule has 0 amide bonds. The molecule has 0 radical (unpaired) electrons. The highest BCUT2D eigenvalue weighted by molar-refractivity contribution is 8.13. The Labute approximate surface area is 98.3 Å². The predicted octanol–water partition coefficient (Wildman–Crippen LogP) is 1.81. The zero-order valence-corrected chi connectivity index (χ0v) is 9.68. The van der Waals surface area contributed by atoms with E-state index in [1.807, 2.05) is 0 Å². The van der Waals surface area contributed by atoms with Gasteiger partial charge in [0.25, 0.3) is 9.05 Å². The maximum absolute atomic E-state index is 13.2. The number of nitrogens with zero attached hydrogens (tertiary/aromatic N) is 1. The van der Waals surface area contributed by atoms with Crippen molar-refractivity contribution in [1.29, 1.82) is 0 Å². The van der Waals surface area contributed by atoms with Gasteiger partial charge < -0.3 is 4.74 Å². The molecule has 6 nitrogen and oxygen atoms in total. The van der Waals surface area contributed by atoms with Crippen molar-refractivity contribution in [2.24, 2.45) is 0 Å². The number of hydrogen-bond donors (Lipinski definition) is 0. The first-order valence-electron chi connectivity index (χ1n) is 3.85. The second-order valence-electron chi connectivity index (χ2n) is 2.75. The Morgan fingerprint density at radius 3 is 2.35 bits per heavy atom. The molecule has 0 fully saturated rings. The SMILES string of the molecule is COc1c([N+](=O)[O-])cc(F)c(F)c1S(=O)(=O)Cl. The molecule has 0 saturated heterocycles.